The van der Waals surface area contributed by atoms with Gasteiger partial charge in [0.05, 0.1) is 12.8 Å². The first kappa shape index (κ1) is 21.8. The number of amides is 1. The van der Waals surface area contributed by atoms with Gasteiger partial charge in [-0.2, -0.15) is 5.10 Å². The number of fused-ring (bicyclic) bond motifs is 1. The summed E-state index contributed by atoms with van der Waals surface area (Å²) >= 11 is 6.16. The van der Waals surface area contributed by atoms with E-state index in [1.54, 1.807) is 7.11 Å². The van der Waals surface area contributed by atoms with Crippen LogP contribution in [0.1, 0.15) is 28.9 Å². The molecule has 0 unspecified atom stereocenters. The summed E-state index contributed by atoms with van der Waals surface area (Å²) < 4.78 is 7.32. The number of nitrogens with zero attached hydrogens (tertiary/aromatic N) is 3. The predicted molar refractivity (Wildman–Crippen MR) is 128 cm³/mol. The first-order valence-electron chi connectivity index (χ1n) is 10.4. The molecule has 0 radical (unpaired) electrons. The normalized spacial score (nSPS) is 11.0. The smallest absolute Gasteiger partial charge is 0.224 e. The molecule has 0 bridgehead atoms. The highest BCUT2D eigenvalue weighted by molar-refractivity contribution is 6.31. The Bertz CT molecular complexity index is 1310. The van der Waals surface area contributed by atoms with Gasteiger partial charge in [0.1, 0.15) is 5.75 Å². The number of rotatable bonds is 6. The Kier molecular flexibility index (Phi) is 6.15. The number of benzene rings is 2. The number of carbonyl (C=O) groups is 1. The number of hydrogen-bond acceptors (Lipinski definition) is 4. The lowest BCUT2D eigenvalue weighted by Crippen LogP contribution is -2.15. The summed E-state index contributed by atoms with van der Waals surface area (Å²) in [7, 11) is 1.65. The number of para-hydroxylation sites is 1. The van der Waals surface area contributed by atoms with Crippen LogP contribution in [-0.4, -0.2) is 27.6 Å². The second-order valence-electron chi connectivity index (χ2n) is 7.72. The van der Waals surface area contributed by atoms with E-state index in [4.69, 9.17) is 26.4 Å². The molecule has 0 atom stereocenters. The van der Waals surface area contributed by atoms with Crippen molar-refractivity contribution in [2.24, 2.45) is 0 Å². The number of ether oxygens (including phenoxy) is 1. The first-order valence-corrected chi connectivity index (χ1v) is 10.8. The molecule has 0 aliphatic rings. The quantitative estimate of drug-likeness (QED) is 0.419. The number of aryl methyl sites for hydroxylation is 2. The van der Waals surface area contributed by atoms with Crippen molar-refractivity contribution >= 4 is 28.8 Å². The molecule has 2 aromatic carbocycles. The molecule has 0 saturated carbocycles. The molecule has 7 heteroatoms. The highest BCUT2D eigenvalue weighted by Gasteiger charge is 2.16. The Morgan fingerprint density at radius 2 is 1.91 bits per heavy atom. The summed E-state index contributed by atoms with van der Waals surface area (Å²) in [6.07, 6.45) is 0.900. The molecule has 0 fully saturated rings. The maximum Gasteiger partial charge on any atom is 0.224 e. The maximum atomic E-state index is 12.6. The summed E-state index contributed by atoms with van der Waals surface area (Å²) in [6.45, 7) is 5.87. The molecule has 6 nitrogen and oxygen atoms in total. The van der Waals surface area contributed by atoms with E-state index in [0.29, 0.717) is 17.9 Å². The van der Waals surface area contributed by atoms with Crippen molar-refractivity contribution in [1.29, 1.82) is 0 Å². The van der Waals surface area contributed by atoms with Gasteiger partial charge >= 0.3 is 0 Å². The lowest BCUT2D eigenvalue weighted by atomic mass is 10.1. The Labute approximate surface area is 192 Å². The van der Waals surface area contributed by atoms with E-state index in [2.05, 4.69) is 5.32 Å². The predicted octanol–water partition coefficient (Wildman–Crippen LogP) is 5.55. The Morgan fingerprint density at radius 3 is 2.69 bits per heavy atom. The number of aromatic nitrogens is 3. The van der Waals surface area contributed by atoms with Gasteiger partial charge in [-0.3, -0.25) is 4.79 Å². The van der Waals surface area contributed by atoms with Crippen molar-refractivity contribution in [3.63, 3.8) is 0 Å². The van der Waals surface area contributed by atoms with Crippen LogP contribution >= 0.6 is 11.6 Å². The molecular weight excluding hydrogens is 424 g/mol. The van der Waals surface area contributed by atoms with Crippen LogP contribution in [0.25, 0.3) is 16.9 Å². The summed E-state index contributed by atoms with van der Waals surface area (Å²) in [5, 5.41) is 8.36. The summed E-state index contributed by atoms with van der Waals surface area (Å²) in [5.41, 5.74) is 6.96. The number of halogens is 1. The Morgan fingerprint density at radius 1 is 1.12 bits per heavy atom. The lowest BCUT2D eigenvalue weighted by Gasteiger charge is -2.12. The van der Waals surface area contributed by atoms with Gasteiger partial charge in [-0.15, -0.1) is 0 Å². The molecule has 2 heterocycles. The molecule has 2 aromatic heterocycles. The van der Waals surface area contributed by atoms with Gasteiger partial charge in [-0.05, 0) is 62.6 Å². The topological polar surface area (TPSA) is 68.5 Å². The van der Waals surface area contributed by atoms with Crippen LogP contribution in [0.15, 0.2) is 48.5 Å². The second-order valence-corrected chi connectivity index (χ2v) is 8.13. The van der Waals surface area contributed by atoms with Crippen molar-refractivity contribution in [3.05, 3.63) is 76.1 Å². The number of nitrogens with one attached hydrogen (secondary N) is 1. The van der Waals surface area contributed by atoms with Crippen molar-refractivity contribution in [2.45, 2.75) is 33.6 Å². The largest absolute Gasteiger partial charge is 0.496 e. The lowest BCUT2D eigenvalue weighted by molar-refractivity contribution is -0.116. The molecule has 4 aromatic rings. The standard InChI is InChI=1S/C25H25ClN4O2/c1-15-20(26)9-7-10-21(15)28-25(31)13-12-18-16(2)27-24-14-22(29-30(24)17(18)3)19-8-5-6-11-23(19)32-4/h5-11,14H,12-13H2,1-4H3,(H,28,31). The van der Waals surface area contributed by atoms with E-state index >= 15 is 0 Å². The van der Waals surface area contributed by atoms with E-state index in [9.17, 15) is 4.79 Å². The van der Waals surface area contributed by atoms with Crippen LogP contribution in [0.2, 0.25) is 5.02 Å². The van der Waals surface area contributed by atoms with Gasteiger partial charge in [0, 0.05) is 40.1 Å². The first-order chi connectivity index (χ1) is 15.4. The summed E-state index contributed by atoms with van der Waals surface area (Å²) in [5.74, 6) is 0.697. The number of methoxy groups -OCH3 is 1. The number of hydrogen-bond donors (Lipinski definition) is 1. The van der Waals surface area contributed by atoms with E-state index < -0.39 is 0 Å². The van der Waals surface area contributed by atoms with E-state index in [0.717, 1.165) is 50.9 Å². The second kappa shape index (κ2) is 9.01. The highest BCUT2D eigenvalue weighted by Crippen LogP contribution is 2.30. The van der Waals surface area contributed by atoms with Gasteiger partial charge < -0.3 is 10.1 Å². The van der Waals surface area contributed by atoms with Crippen molar-refractivity contribution in [1.82, 2.24) is 14.6 Å². The molecule has 0 saturated heterocycles. The molecule has 4 rings (SSSR count). The maximum absolute atomic E-state index is 12.6. The summed E-state index contributed by atoms with van der Waals surface area (Å²) in [4.78, 5) is 17.3. The molecule has 0 aliphatic carbocycles. The fourth-order valence-corrected chi connectivity index (χ4v) is 4.04. The molecular formula is C25H25ClN4O2. The van der Waals surface area contributed by atoms with Gasteiger partial charge in [-0.25, -0.2) is 9.50 Å². The monoisotopic (exact) mass is 448 g/mol. The van der Waals surface area contributed by atoms with Gasteiger partial charge in [0.15, 0.2) is 5.65 Å². The van der Waals surface area contributed by atoms with E-state index in [1.165, 1.54) is 0 Å². The fraction of sp³-hybridized carbons (Fsp3) is 0.240. The molecule has 32 heavy (non-hydrogen) atoms. The molecule has 164 valence electrons. The Balaban J connectivity index is 1.58. The van der Waals surface area contributed by atoms with Crippen LogP contribution in [0.3, 0.4) is 0 Å². The van der Waals surface area contributed by atoms with Crippen molar-refractivity contribution in [3.8, 4) is 17.0 Å². The third kappa shape index (κ3) is 4.18. The number of anilines is 1. The zero-order valence-electron chi connectivity index (χ0n) is 18.6. The Hall–Kier alpha value is -3.38. The zero-order chi connectivity index (χ0) is 22.8. The highest BCUT2D eigenvalue weighted by atomic mass is 35.5. The van der Waals surface area contributed by atoms with Crippen molar-refractivity contribution < 1.29 is 9.53 Å². The van der Waals surface area contributed by atoms with Crippen LogP contribution in [-0.2, 0) is 11.2 Å². The minimum atomic E-state index is -0.0653. The van der Waals surface area contributed by atoms with E-state index in [-0.39, 0.29) is 5.91 Å². The third-order valence-corrected chi connectivity index (χ3v) is 6.10. The third-order valence-electron chi connectivity index (χ3n) is 5.69. The summed E-state index contributed by atoms with van der Waals surface area (Å²) in [6, 6.07) is 15.2. The van der Waals surface area contributed by atoms with Crippen molar-refractivity contribution in [2.75, 3.05) is 12.4 Å². The van der Waals surface area contributed by atoms with Gasteiger partial charge in [0.2, 0.25) is 5.91 Å². The fourth-order valence-electron chi connectivity index (χ4n) is 3.87. The zero-order valence-corrected chi connectivity index (χ0v) is 19.3. The van der Waals surface area contributed by atoms with Gasteiger partial charge in [0.25, 0.3) is 0 Å². The minimum Gasteiger partial charge on any atom is -0.496 e. The number of carbonyl (C=O) groups excluding carboxylic acids is 1. The van der Waals surface area contributed by atoms with Gasteiger partial charge in [-0.1, -0.05) is 29.8 Å². The van der Waals surface area contributed by atoms with Crippen LogP contribution in [0, 0.1) is 20.8 Å². The van der Waals surface area contributed by atoms with E-state index in [1.807, 2.05) is 73.8 Å². The minimum absolute atomic E-state index is 0.0653. The van der Waals surface area contributed by atoms with Crippen LogP contribution in [0.5, 0.6) is 5.75 Å². The molecule has 1 N–H and O–H groups in total. The van der Waals surface area contributed by atoms with Crippen LogP contribution < -0.4 is 10.1 Å². The van der Waals surface area contributed by atoms with Crippen LogP contribution in [0.4, 0.5) is 5.69 Å². The average Bonchev–Trinajstić information content (AvgIpc) is 3.20. The molecule has 1 amide bonds. The SMILES string of the molecule is COc1ccccc1-c1cc2nc(C)c(CCC(=O)Nc3cccc(Cl)c3C)c(C)n2n1. The molecule has 0 spiro atoms. The molecule has 0 aliphatic heterocycles. The average molecular weight is 449 g/mol.